The topological polar surface area (TPSA) is 194 Å². The number of hydrogen-bond acceptors (Lipinski definition) is 8. The molecule has 0 heterocycles. The maximum Gasteiger partial charge on any atom is 0.327 e. The number of carboxylic acids is 1. The molecule has 4 amide bonds. The molecule has 0 saturated carbocycles. The molecule has 8 N–H and O–H groups in total. The smallest absolute Gasteiger partial charge is 0.327 e. The van der Waals surface area contributed by atoms with Crippen molar-refractivity contribution in [3.63, 3.8) is 0 Å². The molecule has 0 rings (SSSR count). The summed E-state index contributed by atoms with van der Waals surface area (Å²) in [4.78, 5) is 60.1. The molecule has 0 aromatic rings. The number of primary amides is 1. The van der Waals surface area contributed by atoms with Gasteiger partial charge in [-0.25, -0.2) is 4.79 Å². The number of carbonyl (C=O) groups excluding carboxylic acids is 4. The third kappa shape index (κ3) is 11.8. The van der Waals surface area contributed by atoms with E-state index in [1.807, 2.05) is 13.8 Å². The predicted octanol–water partition coefficient (Wildman–Crippen LogP) is -1.54. The monoisotopic (exact) mass is 479 g/mol. The molecule has 31 heavy (non-hydrogen) atoms. The van der Waals surface area contributed by atoms with E-state index in [1.54, 1.807) is 6.26 Å². The third-order valence-electron chi connectivity index (χ3n) is 4.14. The Bertz CT molecular complexity index is 649. The van der Waals surface area contributed by atoms with Gasteiger partial charge in [0.25, 0.3) is 0 Å². The van der Waals surface area contributed by atoms with Crippen molar-refractivity contribution < 1.29 is 29.1 Å². The Kier molecular flexibility index (Phi) is 14.0. The van der Waals surface area contributed by atoms with Crippen LogP contribution < -0.4 is 27.4 Å². The summed E-state index contributed by atoms with van der Waals surface area (Å²) in [5.41, 5.74) is 11.0. The van der Waals surface area contributed by atoms with E-state index in [4.69, 9.17) is 16.6 Å². The molecule has 178 valence electrons. The van der Waals surface area contributed by atoms with Gasteiger partial charge in [0.1, 0.15) is 18.1 Å². The van der Waals surface area contributed by atoms with E-state index in [-0.39, 0.29) is 18.1 Å². The highest BCUT2D eigenvalue weighted by Gasteiger charge is 2.30. The summed E-state index contributed by atoms with van der Waals surface area (Å²) in [6.45, 7) is 3.76. The van der Waals surface area contributed by atoms with Gasteiger partial charge >= 0.3 is 5.97 Å². The molecule has 0 aliphatic rings. The zero-order valence-electron chi connectivity index (χ0n) is 17.9. The van der Waals surface area contributed by atoms with E-state index in [2.05, 4.69) is 28.6 Å². The van der Waals surface area contributed by atoms with Crippen molar-refractivity contribution >= 4 is 54.0 Å². The first-order chi connectivity index (χ1) is 14.4. The van der Waals surface area contributed by atoms with Crippen LogP contribution in [0.25, 0.3) is 0 Å². The predicted molar refractivity (Wildman–Crippen MR) is 122 cm³/mol. The molecule has 0 aromatic heterocycles. The number of nitrogens with one attached hydrogen (secondary N) is 3. The van der Waals surface area contributed by atoms with Crippen molar-refractivity contribution in [2.75, 3.05) is 17.8 Å². The van der Waals surface area contributed by atoms with Gasteiger partial charge in [-0.2, -0.15) is 24.4 Å². The van der Waals surface area contributed by atoms with Gasteiger partial charge in [0.05, 0.1) is 12.5 Å². The van der Waals surface area contributed by atoms with Crippen molar-refractivity contribution in [1.29, 1.82) is 0 Å². The highest BCUT2D eigenvalue weighted by molar-refractivity contribution is 7.98. The molecule has 4 atom stereocenters. The number of nitrogens with two attached hydrogens (primary N) is 2. The maximum absolute atomic E-state index is 12.7. The second kappa shape index (κ2) is 14.9. The Balaban J connectivity index is 5.38. The molecular weight excluding hydrogens is 446 g/mol. The van der Waals surface area contributed by atoms with Crippen molar-refractivity contribution in [3.05, 3.63) is 0 Å². The second-order valence-electron chi connectivity index (χ2n) is 7.39. The highest BCUT2D eigenvalue weighted by Crippen LogP contribution is 2.06. The number of thiol groups is 1. The largest absolute Gasteiger partial charge is 0.480 e. The Morgan fingerprint density at radius 3 is 1.94 bits per heavy atom. The summed E-state index contributed by atoms with van der Waals surface area (Å²) >= 11 is 5.31. The van der Waals surface area contributed by atoms with Crippen LogP contribution in [0.1, 0.15) is 33.1 Å². The minimum absolute atomic E-state index is 0.137. The van der Waals surface area contributed by atoms with Crippen LogP contribution in [-0.2, 0) is 24.0 Å². The zero-order chi connectivity index (χ0) is 24.1. The molecule has 13 heteroatoms. The highest BCUT2D eigenvalue weighted by atomic mass is 32.2. The third-order valence-corrected chi connectivity index (χ3v) is 5.15. The maximum atomic E-state index is 12.7. The number of thioether (sulfide) groups is 1. The average Bonchev–Trinajstić information content (AvgIpc) is 2.66. The fourth-order valence-corrected chi connectivity index (χ4v) is 3.26. The first kappa shape index (κ1) is 29.0. The summed E-state index contributed by atoms with van der Waals surface area (Å²) in [5.74, 6) is -3.76. The summed E-state index contributed by atoms with van der Waals surface area (Å²) in [6, 6.07) is -4.53. The first-order valence-electron chi connectivity index (χ1n) is 9.70. The van der Waals surface area contributed by atoms with Gasteiger partial charge < -0.3 is 32.5 Å². The lowest BCUT2D eigenvalue weighted by atomic mass is 10.0. The molecule has 0 aliphatic heterocycles. The molecule has 0 saturated heterocycles. The van der Waals surface area contributed by atoms with Gasteiger partial charge in [0.15, 0.2) is 0 Å². The molecular formula is C18H33N5O6S2. The van der Waals surface area contributed by atoms with Crippen molar-refractivity contribution in [2.45, 2.75) is 57.3 Å². The lowest BCUT2D eigenvalue weighted by Crippen LogP contribution is -2.58. The minimum atomic E-state index is -1.33. The molecule has 11 nitrogen and oxygen atoms in total. The van der Waals surface area contributed by atoms with Gasteiger partial charge in [-0.1, -0.05) is 13.8 Å². The van der Waals surface area contributed by atoms with Crippen LogP contribution in [-0.4, -0.2) is 76.6 Å². The lowest BCUT2D eigenvalue weighted by Gasteiger charge is -2.24. The second-order valence-corrected chi connectivity index (χ2v) is 8.74. The Hall–Kier alpha value is -1.99. The molecule has 0 fully saturated rings. The van der Waals surface area contributed by atoms with Crippen LogP contribution >= 0.6 is 24.4 Å². The van der Waals surface area contributed by atoms with Crippen molar-refractivity contribution in [2.24, 2.45) is 17.4 Å². The Morgan fingerprint density at radius 2 is 1.48 bits per heavy atom. The van der Waals surface area contributed by atoms with Crippen LogP contribution in [0.4, 0.5) is 0 Å². The molecule has 0 aromatic carbocycles. The number of carbonyl (C=O) groups is 5. The van der Waals surface area contributed by atoms with Gasteiger partial charge in [0.2, 0.25) is 23.6 Å². The van der Waals surface area contributed by atoms with Gasteiger partial charge in [-0.3, -0.25) is 19.2 Å². The van der Waals surface area contributed by atoms with E-state index >= 15 is 0 Å². The van der Waals surface area contributed by atoms with Crippen LogP contribution in [0.15, 0.2) is 0 Å². The number of hydrogen-bond donors (Lipinski definition) is 7. The average molecular weight is 480 g/mol. The molecule has 4 unspecified atom stereocenters. The van der Waals surface area contributed by atoms with Gasteiger partial charge in [-0.05, 0) is 30.8 Å². The number of amides is 4. The summed E-state index contributed by atoms with van der Waals surface area (Å²) in [7, 11) is 0. The normalized spacial score (nSPS) is 14.8. The molecule has 0 radical (unpaired) electrons. The zero-order valence-corrected chi connectivity index (χ0v) is 19.6. The van der Waals surface area contributed by atoms with Crippen LogP contribution in [0.2, 0.25) is 0 Å². The lowest BCUT2D eigenvalue weighted by molar-refractivity contribution is -0.141. The number of rotatable bonds is 15. The standard InChI is InChI=1S/C18H33N5O6S2/c1-9(2)6-10(19)15(25)22-12(7-14(20)24)17(27)21-11(4-5-31-3)16(26)23-13(8-30)18(28)29/h9-13,30H,4-8,19H2,1-3H3,(H2,20,24)(H,21,27)(H,22,25)(H,23,26)(H,28,29). The number of aliphatic carboxylic acids is 1. The molecule has 0 bridgehead atoms. The summed E-state index contributed by atoms with van der Waals surface area (Å²) < 4.78 is 0. The van der Waals surface area contributed by atoms with E-state index in [0.29, 0.717) is 12.2 Å². The van der Waals surface area contributed by atoms with Gasteiger partial charge in [-0.15, -0.1) is 0 Å². The van der Waals surface area contributed by atoms with Crippen molar-refractivity contribution in [1.82, 2.24) is 16.0 Å². The molecule has 0 spiro atoms. The van der Waals surface area contributed by atoms with Crippen LogP contribution in [0, 0.1) is 5.92 Å². The quantitative estimate of drug-likeness (QED) is 0.137. The molecule has 0 aliphatic carbocycles. The van der Waals surface area contributed by atoms with Crippen LogP contribution in [0.5, 0.6) is 0 Å². The Morgan fingerprint density at radius 1 is 0.968 bits per heavy atom. The summed E-state index contributed by atoms with van der Waals surface area (Å²) in [6.07, 6.45) is 1.88. The van der Waals surface area contributed by atoms with Crippen molar-refractivity contribution in [3.8, 4) is 0 Å². The SMILES string of the molecule is CSCCC(NC(=O)C(CC(N)=O)NC(=O)C(N)CC(C)C)C(=O)NC(CS)C(=O)O. The Labute approximate surface area is 191 Å². The fraction of sp³-hybridized carbons (Fsp3) is 0.722. The van der Waals surface area contributed by atoms with E-state index in [9.17, 15) is 24.0 Å². The van der Waals surface area contributed by atoms with Crippen LogP contribution in [0.3, 0.4) is 0 Å². The van der Waals surface area contributed by atoms with Gasteiger partial charge in [0, 0.05) is 5.75 Å². The van der Waals surface area contributed by atoms with E-state index in [0.717, 1.165) is 0 Å². The fourth-order valence-electron chi connectivity index (χ4n) is 2.54. The number of carboxylic acid groups (broad SMARTS) is 1. The first-order valence-corrected chi connectivity index (χ1v) is 11.7. The minimum Gasteiger partial charge on any atom is -0.480 e. The summed E-state index contributed by atoms with van der Waals surface area (Å²) in [5, 5.41) is 16.3. The van der Waals surface area contributed by atoms with E-state index < -0.39 is 60.2 Å². The van der Waals surface area contributed by atoms with E-state index in [1.165, 1.54) is 11.8 Å².